The van der Waals surface area contributed by atoms with E-state index in [0.29, 0.717) is 17.9 Å². The van der Waals surface area contributed by atoms with Crippen molar-refractivity contribution in [3.63, 3.8) is 0 Å². The predicted molar refractivity (Wildman–Crippen MR) is 89.4 cm³/mol. The summed E-state index contributed by atoms with van der Waals surface area (Å²) in [6.07, 6.45) is -0.815. The molecule has 1 aromatic rings. The van der Waals surface area contributed by atoms with Crippen molar-refractivity contribution in [2.45, 2.75) is 77.9 Å². The minimum absolute atomic E-state index is 0.0303. The number of carbonyl (C=O) groups excluding carboxylic acids is 1. The Bertz CT molecular complexity index is 654. The highest BCUT2D eigenvalue weighted by Crippen LogP contribution is 2.45. The molecule has 1 atom stereocenters. The fourth-order valence-corrected chi connectivity index (χ4v) is 3.68. The average molecular weight is 357 g/mol. The van der Waals surface area contributed by atoms with Crippen molar-refractivity contribution in [1.82, 2.24) is 9.78 Å². The number of amides is 1. The van der Waals surface area contributed by atoms with Gasteiger partial charge in [-0.2, -0.15) is 18.3 Å². The van der Waals surface area contributed by atoms with Gasteiger partial charge in [0.1, 0.15) is 0 Å². The summed E-state index contributed by atoms with van der Waals surface area (Å²) in [6.45, 7) is 6.19. The van der Waals surface area contributed by atoms with E-state index >= 15 is 0 Å². The van der Waals surface area contributed by atoms with Crippen LogP contribution in [-0.2, 0) is 17.8 Å². The van der Waals surface area contributed by atoms with E-state index in [-0.39, 0.29) is 36.6 Å². The maximum atomic E-state index is 13.2. The van der Waals surface area contributed by atoms with Gasteiger partial charge in [-0.1, -0.05) is 27.2 Å². The minimum atomic E-state index is -4.18. The van der Waals surface area contributed by atoms with Crippen molar-refractivity contribution in [3.8, 4) is 0 Å². The summed E-state index contributed by atoms with van der Waals surface area (Å²) in [5, 5.41) is 7.33. The Hall–Kier alpha value is -1.53. The van der Waals surface area contributed by atoms with Gasteiger partial charge in [0.15, 0.2) is 5.82 Å². The molecule has 0 spiro atoms. The number of anilines is 1. The highest BCUT2D eigenvalue weighted by molar-refractivity contribution is 5.91. The lowest BCUT2D eigenvalue weighted by molar-refractivity contribution is -0.179. The number of nitrogens with zero attached hydrogens (tertiary/aromatic N) is 2. The molecule has 1 saturated carbocycles. The Morgan fingerprint density at radius 1 is 1.24 bits per heavy atom. The number of aryl methyl sites for hydroxylation is 1. The number of aromatic nitrogens is 2. The first-order valence-corrected chi connectivity index (χ1v) is 9.01. The second kappa shape index (κ2) is 6.32. The summed E-state index contributed by atoms with van der Waals surface area (Å²) >= 11 is 0. The van der Waals surface area contributed by atoms with Crippen LogP contribution < -0.4 is 5.32 Å². The minimum Gasteiger partial charge on any atom is -0.309 e. The van der Waals surface area contributed by atoms with Gasteiger partial charge < -0.3 is 5.32 Å². The third-order valence-electron chi connectivity index (χ3n) is 5.15. The summed E-state index contributed by atoms with van der Waals surface area (Å²) in [4.78, 5) is 12.3. The van der Waals surface area contributed by atoms with E-state index in [0.717, 1.165) is 24.8 Å². The first-order valence-electron chi connectivity index (χ1n) is 9.01. The normalized spacial score (nSPS) is 21.6. The molecule has 1 amide bonds. The SMILES string of the molecule is CC(C)(C)CC(=O)Nc1nn2c(c1C1CCC1)CC(C(F)(F)F)CC2. The first-order chi connectivity index (χ1) is 11.5. The van der Waals surface area contributed by atoms with Gasteiger partial charge in [0.05, 0.1) is 5.92 Å². The molecule has 0 radical (unpaired) electrons. The Labute approximate surface area is 146 Å². The monoisotopic (exact) mass is 357 g/mol. The van der Waals surface area contributed by atoms with Gasteiger partial charge in [0.2, 0.25) is 5.91 Å². The molecule has 7 heteroatoms. The summed E-state index contributed by atoms with van der Waals surface area (Å²) in [7, 11) is 0. The number of carbonyl (C=O) groups is 1. The number of halogens is 3. The summed E-state index contributed by atoms with van der Waals surface area (Å²) in [6, 6.07) is 0. The molecule has 2 heterocycles. The second-order valence-corrected chi connectivity index (χ2v) is 8.58. The molecule has 1 fully saturated rings. The van der Waals surface area contributed by atoms with Gasteiger partial charge in [0, 0.05) is 30.6 Å². The Balaban J connectivity index is 1.87. The van der Waals surface area contributed by atoms with Crippen molar-refractivity contribution in [3.05, 3.63) is 11.3 Å². The lowest BCUT2D eigenvalue weighted by Crippen LogP contribution is -2.32. The summed E-state index contributed by atoms with van der Waals surface area (Å²) in [5.41, 5.74) is 1.37. The highest BCUT2D eigenvalue weighted by atomic mass is 19.4. The number of hydrogen-bond acceptors (Lipinski definition) is 2. The van der Waals surface area contributed by atoms with E-state index < -0.39 is 12.1 Å². The number of alkyl halides is 3. The highest BCUT2D eigenvalue weighted by Gasteiger charge is 2.43. The van der Waals surface area contributed by atoms with Gasteiger partial charge in [-0.3, -0.25) is 9.48 Å². The van der Waals surface area contributed by atoms with Gasteiger partial charge in [-0.25, -0.2) is 0 Å². The molecular formula is C18H26F3N3O. The Morgan fingerprint density at radius 2 is 1.92 bits per heavy atom. The lowest BCUT2D eigenvalue weighted by Gasteiger charge is -2.30. The van der Waals surface area contributed by atoms with Crippen LogP contribution in [0.3, 0.4) is 0 Å². The standard InChI is InChI=1S/C18H26F3N3O/c1-17(2,3)10-14(25)22-16-15(11-5-4-6-11)13-9-12(18(19,20)21)7-8-24(13)23-16/h11-12H,4-10H2,1-3H3,(H,22,23,25). The molecule has 1 unspecified atom stereocenters. The molecular weight excluding hydrogens is 331 g/mol. The van der Waals surface area contributed by atoms with Crippen molar-refractivity contribution >= 4 is 11.7 Å². The molecule has 1 N–H and O–H groups in total. The zero-order valence-corrected chi connectivity index (χ0v) is 15.0. The molecule has 0 saturated heterocycles. The van der Waals surface area contributed by atoms with Crippen molar-refractivity contribution < 1.29 is 18.0 Å². The molecule has 2 aliphatic rings. The molecule has 1 aromatic heterocycles. The number of rotatable bonds is 3. The number of nitrogens with one attached hydrogen (secondary N) is 1. The number of fused-ring (bicyclic) bond motifs is 1. The van der Waals surface area contributed by atoms with Gasteiger partial charge >= 0.3 is 6.18 Å². The van der Waals surface area contributed by atoms with Crippen LogP contribution >= 0.6 is 0 Å². The van der Waals surface area contributed by atoms with E-state index in [1.807, 2.05) is 20.8 Å². The van der Waals surface area contributed by atoms with E-state index in [2.05, 4.69) is 10.4 Å². The maximum Gasteiger partial charge on any atom is 0.392 e. The van der Waals surface area contributed by atoms with Crippen LogP contribution in [0.15, 0.2) is 0 Å². The molecule has 4 nitrogen and oxygen atoms in total. The smallest absolute Gasteiger partial charge is 0.309 e. The molecule has 0 aromatic carbocycles. The van der Waals surface area contributed by atoms with Crippen LogP contribution in [0.2, 0.25) is 0 Å². The molecule has 25 heavy (non-hydrogen) atoms. The topological polar surface area (TPSA) is 46.9 Å². The van der Waals surface area contributed by atoms with Gasteiger partial charge in [-0.15, -0.1) is 0 Å². The summed E-state index contributed by atoms with van der Waals surface area (Å²) in [5.74, 6) is -0.734. The zero-order valence-electron chi connectivity index (χ0n) is 15.0. The van der Waals surface area contributed by atoms with Crippen molar-refractivity contribution in [2.75, 3.05) is 5.32 Å². The first kappa shape index (κ1) is 18.3. The molecule has 3 rings (SSSR count). The Morgan fingerprint density at radius 3 is 2.44 bits per heavy atom. The van der Waals surface area contributed by atoms with Crippen molar-refractivity contribution in [2.24, 2.45) is 11.3 Å². The largest absolute Gasteiger partial charge is 0.392 e. The van der Waals surface area contributed by atoms with Crippen LogP contribution in [0, 0.1) is 11.3 Å². The fraction of sp³-hybridized carbons (Fsp3) is 0.778. The van der Waals surface area contributed by atoms with Crippen LogP contribution in [0.25, 0.3) is 0 Å². The maximum absolute atomic E-state index is 13.2. The quantitative estimate of drug-likeness (QED) is 0.856. The zero-order chi connectivity index (χ0) is 18.4. The van der Waals surface area contributed by atoms with Crippen LogP contribution in [0.5, 0.6) is 0 Å². The van der Waals surface area contributed by atoms with Crippen LogP contribution in [0.1, 0.15) is 70.1 Å². The predicted octanol–water partition coefficient (Wildman–Crippen LogP) is 4.65. The molecule has 1 aliphatic carbocycles. The number of hydrogen-bond donors (Lipinski definition) is 1. The lowest BCUT2D eigenvalue weighted by atomic mass is 9.78. The Kier molecular flexibility index (Phi) is 4.62. The van der Waals surface area contributed by atoms with E-state index in [1.165, 1.54) is 0 Å². The molecule has 1 aliphatic heterocycles. The molecule has 140 valence electrons. The average Bonchev–Trinajstić information content (AvgIpc) is 2.71. The van der Waals surface area contributed by atoms with Gasteiger partial charge in [0.25, 0.3) is 0 Å². The van der Waals surface area contributed by atoms with E-state index in [4.69, 9.17) is 0 Å². The van der Waals surface area contributed by atoms with Crippen LogP contribution in [0.4, 0.5) is 19.0 Å². The van der Waals surface area contributed by atoms with Crippen molar-refractivity contribution in [1.29, 1.82) is 0 Å². The van der Waals surface area contributed by atoms with E-state index in [9.17, 15) is 18.0 Å². The second-order valence-electron chi connectivity index (χ2n) is 8.58. The van der Waals surface area contributed by atoms with E-state index in [1.54, 1.807) is 4.68 Å². The van der Waals surface area contributed by atoms with Gasteiger partial charge in [-0.05, 0) is 30.6 Å². The third kappa shape index (κ3) is 4.01. The molecule has 0 bridgehead atoms. The fourth-order valence-electron chi connectivity index (χ4n) is 3.68. The van der Waals surface area contributed by atoms with Crippen LogP contribution in [-0.4, -0.2) is 21.9 Å². The third-order valence-corrected chi connectivity index (χ3v) is 5.15. The summed E-state index contributed by atoms with van der Waals surface area (Å²) < 4.78 is 41.2.